The van der Waals surface area contributed by atoms with Gasteiger partial charge in [0.25, 0.3) is 0 Å². The Labute approximate surface area is 168 Å². The first-order valence-electron chi connectivity index (χ1n) is 9.74. The minimum atomic E-state index is -3.18. The van der Waals surface area contributed by atoms with Gasteiger partial charge in [-0.3, -0.25) is 4.57 Å². The summed E-state index contributed by atoms with van der Waals surface area (Å²) in [6, 6.07) is 22.4. The van der Waals surface area contributed by atoms with Crippen molar-refractivity contribution in [3.63, 3.8) is 0 Å². The molecule has 3 heteroatoms. The monoisotopic (exact) mass is 389 g/mol. The molecule has 144 valence electrons. The Balaban J connectivity index is 2.31. The van der Waals surface area contributed by atoms with Gasteiger partial charge in [-0.15, -0.1) is 0 Å². The van der Waals surface area contributed by atoms with Gasteiger partial charge in [0, 0.05) is 10.6 Å². The van der Waals surface area contributed by atoms with E-state index in [4.69, 9.17) is 4.76 Å². The molecule has 0 atom stereocenters. The number of nitrogens with zero attached hydrogens (tertiary/aromatic N) is 1. The maximum Gasteiger partial charge on any atom is 0.247 e. The number of hydrogen-bond donors (Lipinski definition) is 0. The number of benzene rings is 3. The van der Waals surface area contributed by atoms with Crippen LogP contribution in [0.5, 0.6) is 0 Å². The number of rotatable bonds is 5. The van der Waals surface area contributed by atoms with Gasteiger partial charge >= 0.3 is 0 Å². The van der Waals surface area contributed by atoms with E-state index in [1.807, 2.05) is 82.3 Å². The molecule has 0 aliphatic rings. The molecule has 0 aromatic heterocycles. The lowest BCUT2D eigenvalue weighted by atomic mass is 10.1. The second kappa shape index (κ2) is 8.29. The van der Waals surface area contributed by atoms with Gasteiger partial charge in [0.2, 0.25) is 7.29 Å². The second-order valence-electron chi connectivity index (χ2n) is 7.53. The standard InChI is InChI=1S/C25H28NOP/c1-6-25(22-10-8-7-9-11-22)26-28(27,23-14-18(2)12-19(3)15-23)24-16-20(4)13-21(5)17-24/h7-17H,6H2,1-5H3/b26-25+. The summed E-state index contributed by atoms with van der Waals surface area (Å²) < 4.78 is 19.6. The zero-order valence-corrected chi connectivity index (χ0v) is 18.3. The van der Waals surface area contributed by atoms with Crippen LogP contribution in [0.1, 0.15) is 41.2 Å². The summed E-state index contributed by atoms with van der Waals surface area (Å²) in [5.74, 6) is 0. The number of aryl methyl sites for hydroxylation is 4. The maximum absolute atomic E-state index is 14.6. The van der Waals surface area contributed by atoms with Gasteiger partial charge in [0.1, 0.15) is 0 Å². The fourth-order valence-electron chi connectivity index (χ4n) is 3.65. The van der Waals surface area contributed by atoms with Crippen molar-refractivity contribution in [2.45, 2.75) is 41.0 Å². The van der Waals surface area contributed by atoms with Crippen molar-refractivity contribution in [2.75, 3.05) is 0 Å². The minimum Gasteiger partial charge on any atom is -0.288 e. The zero-order chi connectivity index (χ0) is 20.3. The molecule has 0 fully saturated rings. The summed E-state index contributed by atoms with van der Waals surface area (Å²) in [5.41, 5.74) is 6.32. The summed E-state index contributed by atoms with van der Waals surface area (Å²) in [5, 5.41) is 1.61. The molecule has 0 spiro atoms. The molecule has 2 nitrogen and oxygen atoms in total. The lowest BCUT2D eigenvalue weighted by Gasteiger charge is -2.19. The van der Waals surface area contributed by atoms with Gasteiger partial charge in [-0.25, -0.2) is 4.76 Å². The molecule has 28 heavy (non-hydrogen) atoms. The molecule has 0 bridgehead atoms. The van der Waals surface area contributed by atoms with E-state index >= 15 is 0 Å². The van der Waals surface area contributed by atoms with Crippen molar-refractivity contribution < 1.29 is 4.57 Å². The van der Waals surface area contributed by atoms with Gasteiger partial charge in [0.05, 0.1) is 5.71 Å². The molecule has 0 N–H and O–H groups in total. The molecule has 0 saturated carbocycles. The van der Waals surface area contributed by atoms with Crippen molar-refractivity contribution >= 4 is 23.6 Å². The highest BCUT2D eigenvalue weighted by Gasteiger charge is 2.28. The summed E-state index contributed by atoms with van der Waals surface area (Å²) >= 11 is 0. The average Bonchev–Trinajstić information content (AvgIpc) is 2.65. The third-order valence-electron chi connectivity index (χ3n) is 4.82. The Morgan fingerprint density at radius 2 is 1.18 bits per heavy atom. The zero-order valence-electron chi connectivity index (χ0n) is 17.4. The van der Waals surface area contributed by atoms with E-state index in [-0.39, 0.29) is 0 Å². The Morgan fingerprint density at radius 1 is 0.750 bits per heavy atom. The third-order valence-corrected chi connectivity index (χ3v) is 7.26. The minimum absolute atomic E-state index is 0.726. The Kier molecular flexibility index (Phi) is 6.01. The van der Waals surface area contributed by atoms with Gasteiger partial charge in [-0.1, -0.05) is 71.6 Å². The third kappa shape index (κ3) is 4.34. The Morgan fingerprint density at radius 3 is 1.57 bits per heavy atom. The van der Waals surface area contributed by atoms with Crippen LogP contribution in [0.4, 0.5) is 0 Å². The van der Waals surface area contributed by atoms with Gasteiger partial charge in [0.15, 0.2) is 0 Å². The second-order valence-corrected chi connectivity index (χ2v) is 9.92. The molecule has 3 aromatic carbocycles. The average molecular weight is 389 g/mol. The summed E-state index contributed by atoms with van der Waals surface area (Å²) in [6.07, 6.45) is 0.726. The predicted octanol–water partition coefficient (Wildman–Crippen LogP) is 6.05. The Hall–Kier alpha value is -2.44. The van der Waals surface area contributed by atoms with Crippen LogP contribution in [-0.4, -0.2) is 5.71 Å². The van der Waals surface area contributed by atoms with Crippen molar-refractivity contribution in [3.05, 3.63) is 94.5 Å². The quantitative estimate of drug-likeness (QED) is 0.386. The van der Waals surface area contributed by atoms with E-state index in [0.717, 1.165) is 50.6 Å². The molecule has 0 aliphatic heterocycles. The van der Waals surface area contributed by atoms with E-state index in [1.54, 1.807) is 0 Å². The molecule has 3 rings (SSSR count). The van der Waals surface area contributed by atoms with Gasteiger partial charge < -0.3 is 0 Å². The highest BCUT2D eigenvalue weighted by molar-refractivity contribution is 7.77. The summed E-state index contributed by atoms with van der Waals surface area (Å²) in [4.78, 5) is 0. The van der Waals surface area contributed by atoms with E-state index in [1.165, 1.54) is 0 Å². The van der Waals surface area contributed by atoms with Crippen LogP contribution in [0.25, 0.3) is 0 Å². The van der Waals surface area contributed by atoms with Crippen molar-refractivity contribution in [2.24, 2.45) is 4.76 Å². The molecule has 0 saturated heterocycles. The lowest BCUT2D eigenvalue weighted by Crippen LogP contribution is -2.18. The first-order chi connectivity index (χ1) is 13.3. The van der Waals surface area contributed by atoms with Gasteiger partial charge in [-0.2, -0.15) is 0 Å². The van der Waals surface area contributed by atoms with E-state index in [0.29, 0.717) is 0 Å². The smallest absolute Gasteiger partial charge is 0.247 e. The van der Waals surface area contributed by atoms with Gasteiger partial charge in [-0.05, 0) is 63.9 Å². The fourth-order valence-corrected chi connectivity index (χ4v) is 6.29. The molecule has 0 aliphatic carbocycles. The van der Waals surface area contributed by atoms with Crippen LogP contribution in [-0.2, 0) is 4.57 Å². The summed E-state index contributed by atoms with van der Waals surface area (Å²) in [6.45, 7) is 10.3. The fraction of sp³-hybridized carbons (Fsp3) is 0.240. The molecule has 3 aromatic rings. The van der Waals surface area contributed by atoms with Crippen LogP contribution in [0.3, 0.4) is 0 Å². The molecular weight excluding hydrogens is 361 g/mol. The van der Waals surface area contributed by atoms with E-state index in [2.05, 4.69) is 19.1 Å². The first-order valence-corrected chi connectivity index (χ1v) is 11.4. The topological polar surface area (TPSA) is 29.4 Å². The van der Waals surface area contributed by atoms with E-state index in [9.17, 15) is 4.57 Å². The highest BCUT2D eigenvalue weighted by Crippen LogP contribution is 2.46. The maximum atomic E-state index is 14.6. The SMILES string of the molecule is CC/C(=N\P(=O)(c1cc(C)cc(C)c1)c1cc(C)cc(C)c1)c1ccccc1. The van der Waals surface area contributed by atoms with Crippen LogP contribution < -0.4 is 10.6 Å². The van der Waals surface area contributed by atoms with Crippen LogP contribution in [0.15, 0.2) is 71.5 Å². The largest absolute Gasteiger partial charge is 0.288 e. The Bertz CT molecular complexity index is 971. The predicted molar refractivity (Wildman–Crippen MR) is 122 cm³/mol. The van der Waals surface area contributed by atoms with Crippen molar-refractivity contribution in [1.82, 2.24) is 0 Å². The van der Waals surface area contributed by atoms with Crippen LogP contribution in [0, 0.1) is 27.7 Å². The number of hydrogen-bond acceptors (Lipinski definition) is 1. The molecule has 0 radical (unpaired) electrons. The summed E-state index contributed by atoms with van der Waals surface area (Å²) in [7, 11) is -3.18. The van der Waals surface area contributed by atoms with Crippen molar-refractivity contribution in [1.29, 1.82) is 0 Å². The molecule has 0 heterocycles. The van der Waals surface area contributed by atoms with Crippen LogP contribution in [0.2, 0.25) is 0 Å². The van der Waals surface area contributed by atoms with Crippen LogP contribution >= 0.6 is 7.29 Å². The lowest BCUT2D eigenvalue weighted by molar-refractivity contribution is 0.588. The highest BCUT2D eigenvalue weighted by atomic mass is 31.2. The first kappa shape index (κ1) is 20.3. The molecule has 0 unspecified atom stereocenters. The van der Waals surface area contributed by atoms with Crippen molar-refractivity contribution in [3.8, 4) is 0 Å². The van der Waals surface area contributed by atoms with E-state index < -0.39 is 7.29 Å². The molecule has 0 amide bonds. The molecular formula is C25H28NOP. The normalized spacial score (nSPS) is 12.2.